The average Bonchev–Trinajstić information content (AvgIpc) is 3.16. The van der Waals surface area contributed by atoms with Gasteiger partial charge in [0.2, 0.25) is 17.7 Å². The van der Waals surface area contributed by atoms with E-state index in [4.69, 9.17) is 18.9 Å². The summed E-state index contributed by atoms with van der Waals surface area (Å²) in [5.41, 5.74) is -0.639. The average molecular weight is 716 g/mol. The van der Waals surface area contributed by atoms with Gasteiger partial charge in [-0.25, -0.2) is 0 Å². The lowest BCUT2D eigenvalue weighted by Crippen LogP contribution is -2.62. The molecule has 3 heterocycles. The molecule has 3 aromatic carbocycles. The number of fused-ring (bicyclic) bond motifs is 15. The SMILES string of the molecule is COc1cccc(OCC(=O)N2CCC3(CC2)Oc2ccc(cc2)OCCNC(=O)[C@H](C)NC(=O)[C@H](Cc2ccccc2)NC(=O)[C@H](C)NC3=O)c1. The highest BCUT2D eigenvalue weighted by atomic mass is 16.5. The molecule has 2 bridgehead atoms. The van der Waals surface area contributed by atoms with Crippen LogP contribution < -0.4 is 40.2 Å². The molecule has 0 radical (unpaired) electrons. The molecule has 1 fully saturated rings. The van der Waals surface area contributed by atoms with Crippen LogP contribution in [0.25, 0.3) is 0 Å². The summed E-state index contributed by atoms with van der Waals surface area (Å²) in [5, 5.41) is 11.0. The molecular weight excluding hydrogens is 670 g/mol. The van der Waals surface area contributed by atoms with E-state index in [1.807, 2.05) is 30.3 Å². The summed E-state index contributed by atoms with van der Waals surface area (Å²) in [5.74, 6) is -0.384. The molecule has 3 aliphatic heterocycles. The van der Waals surface area contributed by atoms with Crippen LogP contribution in [-0.4, -0.2) is 98.1 Å². The van der Waals surface area contributed by atoms with E-state index in [0.717, 1.165) is 5.56 Å². The lowest BCUT2D eigenvalue weighted by molar-refractivity contribution is -0.148. The summed E-state index contributed by atoms with van der Waals surface area (Å²) >= 11 is 0. The van der Waals surface area contributed by atoms with Gasteiger partial charge in [0.15, 0.2) is 12.2 Å². The van der Waals surface area contributed by atoms with Crippen molar-refractivity contribution in [3.63, 3.8) is 0 Å². The molecule has 1 saturated heterocycles. The van der Waals surface area contributed by atoms with Gasteiger partial charge in [-0.2, -0.15) is 0 Å². The molecule has 0 aliphatic carbocycles. The van der Waals surface area contributed by atoms with E-state index >= 15 is 0 Å². The first-order valence-electron chi connectivity index (χ1n) is 17.2. The Morgan fingerprint density at radius 2 is 1.48 bits per heavy atom. The van der Waals surface area contributed by atoms with Gasteiger partial charge in [-0.05, 0) is 55.8 Å². The summed E-state index contributed by atoms with van der Waals surface area (Å²) < 4.78 is 23.1. The minimum Gasteiger partial charge on any atom is -0.497 e. The summed E-state index contributed by atoms with van der Waals surface area (Å²) in [6, 6.07) is 19.8. The van der Waals surface area contributed by atoms with Crippen molar-refractivity contribution in [1.29, 1.82) is 0 Å². The van der Waals surface area contributed by atoms with Gasteiger partial charge in [-0.15, -0.1) is 0 Å². The minimum absolute atomic E-state index is 0.132. The van der Waals surface area contributed by atoms with Crippen LogP contribution in [0.3, 0.4) is 0 Å². The fourth-order valence-electron chi connectivity index (χ4n) is 5.87. The molecule has 276 valence electrons. The number of likely N-dealkylation sites (tertiary alicyclic amines) is 1. The van der Waals surface area contributed by atoms with Gasteiger partial charge in [0.25, 0.3) is 11.8 Å². The molecule has 5 amide bonds. The predicted octanol–water partition coefficient (Wildman–Crippen LogP) is 1.76. The number of ether oxygens (including phenoxy) is 4. The molecule has 0 saturated carbocycles. The predicted molar refractivity (Wildman–Crippen MR) is 190 cm³/mol. The van der Waals surface area contributed by atoms with Crippen LogP contribution in [0.2, 0.25) is 0 Å². The molecular formula is C38H45N5O9. The Hall–Kier alpha value is -5.79. The molecule has 3 aromatic rings. The number of carbonyl (C=O) groups excluding carboxylic acids is 5. The van der Waals surface area contributed by atoms with Crippen LogP contribution in [0.5, 0.6) is 23.0 Å². The van der Waals surface area contributed by atoms with Gasteiger partial charge in [-0.1, -0.05) is 36.4 Å². The quantitative estimate of drug-likeness (QED) is 0.278. The third-order valence-electron chi connectivity index (χ3n) is 8.96. The zero-order valence-electron chi connectivity index (χ0n) is 29.5. The highest BCUT2D eigenvalue weighted by Crippen LogP contribution is 2.31. The third kappa shape index (κ3) is 9.92. The molecule has 3 atom stereocenters. The van der Waals surface area contributed by atoms with Crippen molar-refractivity contribution in [2.24, 2.45) is 0 Å². The fourth-order valence-corrected chi connectivity index (χ4v) is 5.87. The summed E-state index contributed by atoms with van der Waals surface area (Å²) in [6.45, 7) is 3.59. The van der Waals surface area contributed by atoms with Gasteiger partial charge in [-0.3, -0.25) is 24.0 Å². The summed E-state index contributed by atoms with van der Waals surface area (Å²) in [7, 11) is 1.55. The molecule has 52 heavy (non-hydrogen) atoms. The highest BCUT2D eigenvalue weighted by Gasteiger charge is 2.45. The van der Waals surface area contributed by atoms with Crippen LogP contribution in [0.1, 0.15) is 32.3 Å². The van der Waals surface area contributed by atoms with E-state index in [2.05, 4.69) is 21.3 Å². The van der Waals surface area contributed by atoms with E-state index in [1.165, 1.54) is 6.92 Å². The van der Waals surface area contributed by atoms with Crippen LogP contribution in [0.15, 0.2) is 78.9 Å². The number of methoxy groups -OCH3 is 1. The van der Waals surface area contributed by atoms with Gasteiger partial charge in [0, 0.05) is 38.4 Å². The number of nitrogens with zero attached hydrogens (tertiary/aromatic N) is 1. The van der Waals surface area contributed by atoms with Crippen molar-refractivity contribution in [2.45, 2.75) is 56.8 Å². The Morgan fingerprint density at radius 1 is 0.808 bits per heavy atom. The van der Waals surface area contributed by atoms with Gasteiger partial charge in [0.1, 0.15) is 47.7 Å². The fraction of sp³-hybridized carbons (Fsp3) is 0.395. The summed E-state index contributed by atoms with van der Waals surface area (Å²) in [4.78, 5) is 68.6. The number of hydrogen-bond donors (Lipinski definition) is 4. The van der Waals surface area contributed by atoms with E-state index < -0.39 is 47.4 Å². The van der Waals surface area contributed by atoms with Crippen LogP contribution in [0.4, 0.5) is 0 Å². The highest BCUT2D eigenvalue weighted by molar-refractivity contribution is 5.95. The number of rotatable bonds is 6. The lowest BCUT2D eigenvalue weighted by Gasteiger charge is -2.41. The molecule has 0 aromatic heterocycles. The number of nitrogens with one attached hydrogen (secondary N) is 4. The second kappa shape index (κ2) is 17.4. The lowest BCUT2D eigenvalue weighted by atomic mass is 9.89. The maximum Gasteiger partial charge on any atom is 0.264 e. The zero-order chi connectivity index (χ0) is 37.1. The molecule has 14 nitrogen and oxygen atoms in total. The number of piperidine rings is 1. The standard InChI is InChI=1S/C38H45N5O9/c1-25-34(45)39-18-21-50-28-12-14-29(15-13-28)52-38(16-19-43(20-17-38)33(44)24-51-31-11-7-10-30(23-31)49-3)37(48)41-26(2)35(46)42-32(36(47)40-25)22-27-8-5-4-6-9-27/h4-15,23,25-26,32H,16-22,24H2,1-3H3,(H,39,45)(H,40,47)(H,41,48)(H,42,46)/t25-,26-,32-/m0/s1. The number of benzene rings is 3. The Bertz CT molecular complexity index is 1710. The summed E-state index contributed by atoms with van der Waals surface area (Å²) in [6.07, 6.45) is 0.412. The van der Waals surface area contributed by atoms with Gasteiger partial charge in [0.05, 0.1) is 13.7 Å². The molecule has 0 unspecified atom stereocenters. The first-order valence-corrected chi connectivity index (χ1v) is 17.2. The maximum absolute atomic E-state index is 14.1. The number of amides is 5. The van der Waals surface area contributed by atoms with E-state index in [0.29, 0.717) is 23.0 Å². The first-order chi connectivity index (χ1) is 25.0. The Kier molecular flexibility index (Phi) is 12.6. The topological polar surface area (TPSA) is 174 Å². The monoisotopic (exact) mass is 715 g/mol. The molecule has 1 spiro atoms. The minimum atomic E-state index is -1.43. The third-order valence-corrected chi connectivity index (χ3v) is 8.96. The van der Waals surface area contributed by atoms with Crippen molar-refractivity contribution >= 4 is 29.5 Å². The number of hydrogen-bond acceptors (Lipinski definition) is 9. The Labute approximate surface area is 302 Å². The van der Waals surface area contributed by atoms with Crippen molar-refractivity contribution in [3.8, 4) is 23.0 Å². The van der Waals surface area contributed by atoms with Crippen molar-refractivity contribution in [3.05, 3.63) is 84.4 Å². The van der Waals surface area contributed by atoms with Crippen molar-refractivity contribution in [2.75, 3.05) is 40.0 Å². The number of carbonyl (C=O) groups is 5. The van der Waals surface area contributed by atoms with Crippen molar-refractivity contribution < 1.29 is 42.9 Å². The molecule has 6 rings (SSSR count). The Balaban J connectivity index is 1.33. The van der Waals surface area contributed by atoms with Gasteiger partial charge >= 0.3 is 0 Å². The molecule has 4 N–H and O–H groups in total. The second-order valence-electron chi connectivity index (χ2n) is 12.7. The Morgan fingerprint density at radius 3 is 2.19 bits per heavy atom. The smallest absolute Gasteiger partial charge is 0.264 e. The molecule has 14 heteroatoms. The first kappa shape index (κ1) is 37.5. The van der Waals surface area contributed by atoms with Crippen molar-refractivity contribution in [1.82, 2.24) is 26.2 Å². The second-order valence-corrected chi connectivity index (χ2v) is 12.7. The maximum atomic E-state index is 14.1. The van der Waals surface area contributed by atoms with Crippen LogP contribution in [0, 0.1) is 0 Å². The van der Waals surface area contributed by atoms with E-state index in [9.17, 15) is 24.0 Å². The normalized spacial score (nSPS) is 21.4. The zero-order valence-corrected chi connectivity index (χ0v) is 29.5. The van der Waals surface area contributed by atoms with E-state index in [-0.39, 0.29) is 58.0 Å². The van der Waals surface area contributed by atoms with E-state index in [1.54, 1.807) is 67.5 Å². The molecule has 3 aliphatic rings. The van der Waals surface area contributed by atoms with Crippen LogP contribution >= 0.6 is 0 Å². The van der Waals surface area contributed by atoms with Gasteiger partial charge < -0.3 is 45.1 Å². The largest absolute Gasteiger partial charge is 0.497 e. The van der Waals surface area contributed by atoms with Crippen LogP contribution in [-0.2, 0) is 30.4 Å².